The van der Waals surface area contributed by atoms with E-state index >= 15 is 0 Å². The minimum Gasteiger partial charge on any atom is -0.350 e. The van der Waals surface area contributed by atoms with Gasteiger partial charge in [0.1, 0.15) is 0 Å². The topological polar surface area (TPSA) is 57.8 Å². The van der Waals surface area contributed by atoms with Crippen LogP contribution in [0.15, 0.2) is 24.3 Å². The number of rotatable bonds is 4. The van der Waals surface area contributed by atoms with Crippen LogP contribution in [0.3, 0.4) is 0 Å². The summed E-state index contributed by atoms with van der Waals surface area (Å²) in [4.78, 5) is 12.2. The first-order valence-corrected chi connectivity index (χ1v) is 7.70. The first-order valence-electron chi connectivity index (χ1n) is 7.33. The van der Waals surface area contributed by atoms with Gasteiger partial charge in [0.25, 0.3) is 5.91 Å². The number of aromatic nitrogens is 2. The molecular weight excluding hydrogens is 286 g/mol. The van der Waals surface area contributed by atoms with E-state index in [-0.39, 0.29) is 5.91 Å². The number of H-pyrrole nitrogens is 1. The Morgan fingerprint density at radius 2 is 2.00 bits per heavy atom. The molecule has 21 heavy (non-hydrogen) atoms. The molecule has 4 nitrogen and oxygen atoms in total. The van der Waals surface area contributed by atoms with E-state index < -0.39 is 0 Å². The van der Waals surface area contributed by atoms with Crippen LogP contribution in [0.5, 0.6) is 0 Å². The molecule has 0 saturated carbocycles. The van der Waals surface area contributed by atoms with Crippen molar-refractivity contribution in [2.24, 2.45) is 0 Å². The van der Waals surface area contributed by atoms with Crippen molar-refractivity contribution in [2.75, 3.05) is 6.54 Å². The molecule has 2 N–H and O–H groups in total. The molecule has 1 aliphatic carbocycles. The molecule has 0 unspecified atom stereocenters. The third-order valence-corrected chi connectivity index (χ3v) is 4.14. The Morgan fingerprint density at radius 1 is 1.24 bits per heavy atom. The molecule has 3 rings (SSSR count). The van der Waals surface area contributed by atoms with E-state index in [9.17, 15) is 4.79 Å². The number of carbonyl (C=O) groups is 1. The molecular formula is C16H18ClN3O. The number of benzene rings is 1. The van der Waals surface area contributed by atoms with Gasteiger partial charge in [-0.1, -0.05) is 23.7 Å². The van der Waals surface area contributed by atoms with Gasteiger partial charge in [-0.15, -0.1) is 0 Å². The lowest BCUT2D eigenvalue weighted by Gasteiger charge is -2.11. The molecule has 0 atom stereocenters. The molecule has 1 aromatic heterocycles. The summed E-state index contributed by atoms with van der Waals surface area (Å²) in [6.07, 6.45) is 5.05. The molecule has 0 fully saturated rings. The third kappa shape index (κ3) is 3.27. The second-order valence-corrected chi connectivity index (χ2v) is 5.81. The SMILES string of the molecule is O=C(NCCc1ccc(Cl)cc1)c1n[nH]c2c1CCCC2. The number of nitrogens with zero attached hydrogens (tertiary/aromatic N) is 1. The summed E-state index contributed by atoms with van der Waals surface area (Å²) in [7, 11) is 0. The largest absolute Gasteiger partial charge is 0.350 e. The van der Waals surface area contributed by atoms with Crippen molar-refractivity contribution in [1.29, 1.82) is 0 Å². The van der Waals surface area contributed by atoms with Crippen molar-refractivity contribution >= 4 is 17.5 Å². The quantitative estimate of drug-likeness (QED) is 0.912. The summed E-state index contributed by atoms with van der Waals surface area (Å²) in [5.74, 6) is -0.0802. The Bertz CT molecular complexity index is 633. The van der Waals surface area contributed by atoms with Gasteiger partial charge in [-0.2, -0.15) is 5.10 Å². The van der Waals surface area contributed by atoms with Crippen LogP contribution in [0.4, 0.5) is 0 Å². The number of fused-ring (bicyclic) bond motifs is 1. The summed E-state index contributed by atoms with van der Waals surface area (Å²) in [6, 6.07) is 7.68. The van der Waals surface area contributed by atoms with Gasteiger partial charge in [-0.25, -0.2) is 0 Å². The Kier molecular flexibility index (Phi) is 4.25. The fourth-order valence-electron chi connectivity index (χ4n) is 2.72. The molecule has 0 spiro atoms. The maximum absolute atomic E-state index is 12.2. The van der Waals surface area contributed by atoms with Crippen LogP contribution in [-0.2, 0) is 19.3 Å². The van der Waals surface area contributed by atoms with Gasteiger partial charge in [-0.05, 0) is 49.8 Å². The highest BCUT2D eigenvalue weighted by atomic mass is 35.5. The normalized spacial score (nSPS) is 13.8. The predicted octanol–water partition coefficient (Wildman–Crippen LogP) is 2.91. The van der Waals surface area contributed by atoms with Crippen LogP contribution >= 0.6 is 11.6 Å². The minimum atomic E-state index is -0.0802. The highest BCUT2D eigenvalue weighted by Crippen LogP contribution is 2.21. The Labute approximate surface area is 128 Å². The van der Waals surface area contributed by atoms with Gasteiger partial charge in [0.2, 0.25) is 0 Å². The number of nitrogens with one attached hydrogen (secondary N) is 2. The highest BCUT2D eigenvalue weighted by molar-refractivity contribution is 6.30. The van der Waals surface area contributed by atoms with Crippen LogP contribution in [0, 0.1) is 0 Å². The van der Waals surface area contributed by atoms with Crippen LogP contribution in [0.25, 0.3) is 0 Å². The van der Waals surface area contributed by atoms with Gasteiger partial charge in [-0.3, -0.25) is 9.89 Å². The van der Waals surface area contributed by atoms with Gasteiger partial charge in [0.15, 0.2) is 5.69 Å². The van der Waals surface area contributed by atoms with Crippen molar-refractivity contribution in [2.45, 2.75) is 32.1 Å². The zero-order chi connectivity index (χ0) is 14.7. The lowest BCUT2D eigenvalue weighted by molar-refractivity contribution is 0.0948. The first kappa shape index (κ1) is 14.1. The van der Waals surface area contributed by atoms with Gasteiger partial charge < -0.3 is 5.32 Å². The molecule has 1 aliphatic rings. The predicted molar refractivity (Wildman–Crippen MR) is 82.7 cm³/mol. The number of hydrogen-bond donors (Lipinski definition) is 2. The van der Waals surface area contributed by atoms with Crippen molar-refractivity contribution < 1.29 is 4.79 Å². The second kappa shape index (κ2) is 6.31. The summed E-state index contributed by atoms with van der Waals surface area (Å²) < 4.78 is 0. The molecule has 1 amide bonds. The van der Waals surface area contributed by atoms with E-state index in [0.29, 0.717) is 12.2 Å². The molecule has 0 radical (unpaired) electrons. The van der Waals surface area contributed by atoms with Gasteiger partial charge in [0, 0.05) is 22.8 Å². The Balaban J connectivity index is 1.57. The lowest BCUT2D eigenvalue weighted by atomic mass is 9.96. The monoisotopic (exact) mass is 303 g/mol. The number of aryl methyl sites for hydroxylation is 1. The molecule has 0 aliphatic heterocycles. The lowest BCUT2D eigenvalue weighted by Crippen LogP contribution is -2.27. The van der Waals surface area contributed by atoms with E-state index in [2.05, 4.69) is 15.5 Å². The van der Waals surface area contributed by atoms with Crippen LogP contribution in [0.1, 0.15) is 40.2 Å². The summed E-state index contributed by atoms with van der Waals surface area (Å²) in [5, 5.41) is 10.8. The average molecular weight is 304 g/mol. The summed E-state index contributed by atoms with van der Waals surface area (Å²) in [5.41, 5.74) is 3.96. The van der Waals surface area contributed by atoms with Gasteiger partial charge in [0.05, 0.1) is 0 Å². The first-order chi connectivity index (χ1) is 10.2. The minimum absolute atomic E-state index is 0.0802. The summed E-state index contributed by atoms with van der Waals surface area (Å²) >= 11 is 5.85. The third-order valence-electron chi connectivity index (χ3n) is 3.88. The van der Waals surface area contributed by atoms with Crippen LogP contribution in [-0.4, -0.2) is 22.6 Å². The fourth-order valence-corrected chi connectivity index (χ4v) is 2.85. The Hall–Kier alpha value is -1.81. The number of hydrogen-bond acceptors (Lipinski definition) is 2. The number of halogens is 1. The molecule has 0 bridgehead atoms. The highest BCUT2D eigenvalue weighted by Gasteiger charge is 2.21. The van der Waals surface area contributed by atoms with Gasteiger partial charge >= 0.3 is 0 Å². The van der Waals surface area contributed by atoms with E-state index in [1.807, 2.05) is 24.3 Å². The van der Waals surface area contributed by atoms with Crippen molar-refractivity contribution in [3.8, 4) is 0 Å². The van der Waals surface area contributed by atoms with Crippen LogP contribution < -0.4 is 5.32 Å². The molecule has 2 aromatic rings. The number of aromatic amines is 1. The molecule has 5 heteroatoms. The summed E-state index contributed by atoms with van der Waals surface area (Å²) in [6.45, 7) is 0.599. The molecule has 1 aromatic carbocycles. The smallest absolute Gasteiger partial charge is 0.272 e. The Morgan fingerprint density at radius 3 is 2.81 bits per heavy atom. The van der Waals surface area contributed by atoms with Crippen molar-refractivity contribution in [1.82, 2.24) is 15.5 Å². The van der Waals surface area contributed by atoms with E-state index in [1.54, 1.807) is 0 Å². The number of carbonyl (C=O) groups excluding carboxylic acids is 1. The van der Waals surface area contributed by atoms with Crippen molar-refractivity contribution in [3.63, 3.8) is 0 Å². The zero-order valence-electron chi connectivity index (χ0n) is 11.8. The number of amides is 1. The zero-order valence-corrected chi connectivity index (χ0v) is 12.5. The van der Waals surface area contributed by atoms with Crippen LogP contribution in [0.2, 0.25) is 5.02 Å². The fraction of sp³-hybridized carbons (Fsp3) is 0.375. The molecule has 0 saturated heterocycles. The van der Waals surface area contributed by atoms with E-state index in [0.717, 1.165) is 47.5 Å². The van der Waals surface area contributed by atoms with E-state index in [1.165, 1.54) is 6.42 Å². The maximum Gasteiger partial charge on any atom is 0.272 e. The van der Waals surface area contributed by atoms with E-state index in [4.69, 9.17) is 11.6 Å². The maximum atomic E-state index is 12.2. The molecule has 1 heterocycles. The standard InChI is InChI=1S/C16H18ClN3O/c17-12-7-5-11(6-8-12)9-10-18-16(21)15-13-3-1-2-4-14(13)19-20-15/h5-8H,1-4,9-10H2,(H,18,21)(H,19,20). The van der Waals surface area contributed by atoms with Crippen molar-refractivity contribution in [3.05, 3.63) is 51.8 Å². The molecule has 110 valence electrons. The second-order valence-electron chi connectivity index (χ2n) is 5.37. The average Bonchev–Trinajstić information content (AvgIpc) is 2.93.